The Morgan fingerprint density at radius 2 is 1.71 bits per heavy atom. The van der Waals surface area contributed by atoms with Gasteiger partial charge in [-0.3, -0.25) is 9.36 Å². The summed E-state index contributed by atoms with van der Waals surface area (Å²) in [6.07, 6.45) is 0. The van der Waals surface area contributed by atoms with E-state index in [0.717, 1.165) is 4.57 Å². The van der Waals surface area contributed by atoms with E-state index in [0.29, 0.717) is 17.0 Å². The second-order valence-corrected chi connectivity index (χ2v) is 7.33. The molecular weight excluding hydrogens is 457 g/mol. The zero-order valence-corrected chi connectivity index (χ0v) is 18.5. The van der Waals surface area contributed by atoms with Crippen molar-refractivity contribution in [2.45, 2.75) is 20.0 Å². The molecule has 2 aromatic heterocycles. The molecule has 0 unspecified atom stereocenters. The summed E-state index contributed by atoms with van der Waals surface area (Å²) in [5, 5.41) is 10.4. The molecule has 3 N–H and O–H groups in total. The van der Waals surface area contributed by atoms with Crippen molar-refractivity contribution in [3.05, 3.63) is 98.7 Å². The molecule has 0 radical (unpaired) electrons. The van der Waals surface area contributed by atoms with Crippen LogP contribution in [0.15, 0.2) is 70.3 Å². The van der Waals surface area contributed by atoms with Gasteiger partial charge < -0.3 is 15.8 Å². The van der Waals surface area contributed by atoms with Crippen LogP contribution in [0.25, 0.3) is 0 Å². The molecule has 11 nitrogen and oxygen atoms in total. The highest BCUT2D eigenvalue weighted by atomic mass is 19.1. The minimum Gasteiger partial charge on any atom is -0.438 e. The number of primary amides is 1. The van der Waals surface area contributed by atoms with E-state index in [-0.39, 0.29) is 30.6 Å². The third-order valence-corrected chi connectivity index (χ3v) is 4.95. The van der Waals surface area contributed by atoms with Gasteiger partial charge in [0.25, 0.3) is 5.91 Å². The fourth-order valence-corrected chi connectivity index (χ4v) is 3.17. The summed E-state index contributed by atoms with van der Waals surface area (Å²) in [4.78, 5) is 40.4. The van der Waals surface area contributed by atoms with Gasteiger partial charge in [-0.25, -0.2) is 18.5 Å². The average molecular weight is 477 g/mol. The van der Waals surface area contributed by atoms with Crippen LogP contribution in [0, 0.1) is 5.82 Å². The van der Waals surface area contributed by atoms with E-state index in [1.165, 1.54) is 28.8 Å². The molecular formula is C23H20FN7O4. The van der Waals surface area contributed by atoms with Gasteiger partial charge >= 0.3 is 11.4 Å². The Balaban J connectivity index is 1.58. The van der Waals surface area contributed by atoms with Gasteiger partial charge in [0.1, 0.15) is 11.6 Å². The van der Waals surface area contributed by atoms with E-state index in [4.69, 9.17) is 10.5 Å². The zero-order valence-electron chi connectivity index (χ0n) is 18.5. The van der Waals surface area contributed by atoms with E-state index in [1.54, 1.807) is 43.3 Å². The largest absolute Gasteiger partial charge is 0.438 e. The Morgan fingerprint density at radius 1 is 1.00 bits per heavy atom. The van der Waals surface area contributed by atoms with Gasteiger partial charge in [0.2, 0.25) is 11.8 Å². The summed E-state index contributed by atoms with van der Waals surface area (Å²) in [6.45, 7) is 1.91. The molecule has 4 rings (SSSR count). The molecule has 0 saturated carbocycles. The van der Waals surface area contributed by atoms with Crippen LogP contribution in [0.5, 0.6) is 11.6 Å². The van der Waals surface area contributed by atoms with Gasteiger partial charge in [0.05, 0.1) is 6.54 Å². The standard InChI is InChI=1S/C23H20FN7O4/c1-2-30-22(33)27-21(31(23(30)34)13-14-3-5-15(24)6-4-14)26-16-7-9-17(10-8-16)35-19-12-11-18(20(25)32)28-29-19/h3-12H,2,13H2,1H3,(H2,25,32)(H,26,27,33). The van der Waals surface area contributed by atoms with Crippen molar-refractivity contribution < 1.29 is 13.9 Å². The Hall–Kier alpha value is -4.87. The minimum atomic E-state index is -0.697. The molecule has 0 spiro atoms. The number of anilines is 2. The lowest BCUT2D eigenvalue weighted by Gasteiger charge is -2.15. The van der Waals surface area contributed by atoms with Crippen LogP contribution in [-0.4, -0.2) is 30.2 Å². The summed E-state index contributed by atoms with van der Waals surface area (Å²) in [6, 6.07) is 15.1. The monoisotopic (exact) mass is 477 g/mol. The van der Waals surface area contributed by atoms with Crippen molar-refractivity contribution in [1.82, 2.24) is 24.3 Å². The Bertz CT molecular complexity index is 1460. The van der Waals surface area contributed by atoms with Crippen LogP contribution in [-0.2, 0) is 13.1 Å². The van der Waals surface area contributed by atoms with Crippen LogP contribution in [0.2, 0.25) is 0 Å². The third-order valence-electron chi connectivity index (χ3n) is 4.95. The predicted octanol–water partition coefficient (Wildman–Crippen LogP) is 2.04. The number of aromatic nitrogens is 5. The molecule has 178 valence electrons. The second kappa shape index (κ2) is 9.95. The topological polar surface area (TPSA) is 147 Å². The SMILES string of the molecule is CCn1c(=O)nc(Nc2ccc(Oc3ccc(C(N)=O)nn3)cc2)n(Cc2ccc(F)cc2)c1=O. The molecule has 0 bridgehead atoms. The lowest BCUT2D eigenvalue weighted by molar-refractivity contribution is 0.0994. The predicted molar refractivity (Wildman–Crippen MR) is 124 cm³/mol. The number of nitrogens with zero attached hydrogens (tertiary/aromatic N) is 5. The van der Waals surface area contributed by atoms with Gasteiger partial charge in [-0.15, -0.1) is 10.2 Å². The average Bonchev–Trinajstić information content (AvgIpc) is 2.84. The number of halogens is 1. The first-order valence-corrected chi connectivity index (χ1v) is 10.5. The second-order valence-electron chi connectivity index (χ2n) is 7.33. The summed E-state index contributed by atoms with van der Waals surface area (Å²) < 4.78 is 21.2. The van der Waals surface area contributed by atoms with Crippen molar-refractivity contribution in [3.63, 3.8) is 0 Å². The molecule has 0 aliphatic carbocycles. The summed E-state index contributed by atoms with van der Waals surface area (Å²) in [7, 11) is 0. The van der Waals surface area contributed by atoms with Crippen molar-refractivity contribution in [1.29, 1.82) is 0 Å². The fourth-order valence-electron chi connectivity index (χ4n) is 3.17. The summed E-state index contributed by atoms with van der Waals surface area (Å²) in [5.74, 6) is -0.468. The Kier molecular flexibility index (Phi) is 6.62. The highest BCUT2D eigenvalue weighted by Crippen LogP contribution is 2.22. The first-order chi connectivity index (χ1) is 16.8. The quantitative estimate of drug-likeness (QED) is 0.392. The smallest absolute Gasteiger partial charge is 0.354 e. The van der Waals surface area contributed by atoms with Crippen molar-refractivity contribution in [2.24, 2.45) is 5.73 Å². The highest BCUT2D eigenvalue weighted by molar-refractivity contribution is 5.90. The molecule has 1 amide bonds. The van der Waals surface area contributed by atoms with E-state index < -0.39 is 23.1 Å². The lowest BCUT2D eigenvalue weighted by atomic mass is 10.2. The van der Waals surface area contributed by atoms with Crippen LogP contribution >= 0.6 is 0 Å². The van der Waals surface area contributed by atoms with Gasteiger partial charge in [-0.2, -0.15) is 4.98 Å². The highest BCUT2D eigenvalue weighted by Gasteiger charge is 2.14. The minimum absolute atomic E-state index is 0.0149. The Morgan fingerprint density at radius 3 is 2.31 bits per heavy atom. The van der Waals surface area contributed by atoms with E-state index in [9.17, 15) is 18.8 Å². The van der Waals surface area contributed by atoms with E-state index in [2.05, 4.69) is 20.5 Å². The van der Waals surface area contributed by atoms with Crippen LogP contribution in [0.4, 0.5) is 16.0 Å². The van der Waals surface area contributed by atoms with Gasteiger partial charge in [-0.1, -0.05) is 12.1 Å². The molecule has 35 heavy (non-hydrogen) atoms. The number of rotatable bonds is 8. The molecule has 0 fully saturated rings. The normalized spacial score (nSPS) is 10.7. The number of ether oxygens (including phenoxy) is 1. The number of carbonyl (C=O) groups excluding carboxylic acids is 1. The van der Waals surface area contributed by atoms with E-state index in [1.807, 2.05) is 0 Å². The molecule has 0 aliphatic heterocycles. The van der Waals surface area contributed by atoms with E-state index >= 15 is 0 Å². The molecule has 0 aliphatic rings. The van der Waals surface area contributed by atoms with Crippen molar-refractivity contribution >= 4 is 17.5 Å². The lowest BCUT2D eigenvalue weighted by Crippen LogP contribution is -2.42. The molecule has 2 heterocycles. The fraction of sp³-hybridized carbons (Fsp3) is 0.130. The summed E-state index contributed by atoms with van der Waals surface area (Å²) >= 11 is 0. The number of nitrogens with two attached hydrogens (primary N) is 1. The molecule has 2 aromatic carbocycles. The maximum absolute atomic E-state index is 13.3. The third kappa shape index (κ3) is 5.38. The van der Waals surface area contributed by atoms with Gasteiger partial charge in [0.15, 0.2) is 5.69 Å². The number of hydrogen-bond donors (Lipinski definition) is 2. The van der Waals surface area contributed by atoms with Crippen LogP contribution < -0.4 is 27.2 Å². The maximum atomic E-state index is 13.3. The summed E-state index contributed by atoms with van der Waals surface area (Å²) in [5.41, 5.74) is 5.11. The molecule has 0 atom stereocenters. The molecule has 12 heteroatoms. The van der Waals surface area contributed by atoms with Crippen LogP contribution in [0.1, 0.15) is 23.0 Å². The number of benzene rings is 2. The number of hydrogen-bond acceptors (Lipinski definition) is 8. The first kappa shape index (κ1) is 23.3. The van der Waals surface area contributed by atoms with Gasteiger partial charge in [0, 0.05) is 18.3 Å². The van der Waals surface area contributed by atoms with Crippen molar-refractivity contribution in [2.75, 3.05) is 5.32 Å². The molecule has 4 aromatic rings. The van der Waals surface area contributed by atoms with Crippen LogP contribution in [0.3, 0.4) is 0 Å². The van der Waals surface area contributed by atoms with Gasteiger partial charge in [-0.05, 0) is 55.0 Å². The first-order valence-electron chi connectivity index (χ1n) is 10.5. The maximum Gasteiger partial charge on any atom is 0.354 e. The molecule has 0 saturated heterocycles. The number of carbonyl (C=O) groups is 1. The number of nitrogens with one attached hydrogen (secondary N) is 1. The Labute approximate surface area is 197 Å². The number of amides is 1. The zero-order chi connectivity index (χ0) is 24.9. The van der Waals surface area contributed by atoms with Crippen molar-refractivity contribution in [3.8, 4) is 11.6 Å².